The van der Waals surface area contributed by atoms with Crippen molar-refractivity contribution in [2.45, 2.75) is 19.3 Å². The van der Waals surface area contributed by atoms with Gasteiger partial charge in [0.2, 0.25) is 5.95 Å². The maximum atomic E-state index is 5.71. The summed E-state index contributed by atoms with van der Waals surface area (Å²) in [5.41, 5.74) is 8.62. The molecule has 2 saturated heterocycles. The second-order valence-corrected chi connectivity index (χ2v) is 5.40. The lowest BCUT2D eigenvalue weighted by Crippen LogP contribution is -2.33. The zero-order valence-electron chi connectivity index (χ0n) is 10.9. The summed E-state index contributed by atoms with van der Waals surface area (Å²) in [7, 11) is 0. The predicted molar refractivity (Wildman–Crippen MR) is 73.6 cm³/mol. The molecule has 0 aromatic carbocycles. The summed E-state index contributed by atoms with van der Waals surface area (Å²) >= 11 is 0. The minimum Gasteiger partial charge on any atom is -0.381 e. The van der Waals surface area contributed by atoms with Crippen molar-refractivity contribution in [3.8, 4) is 0 Å². The van der Waals surface area contributed by atoms with Crippen molar-refractivity contribution in [3.63, 3.8) is 0 Å². The molecule has 1 aromatic heterocycles. The van der Waals surface area contributed by atoms with Crippen LogP contribution in [-0.2, 0) is 4.74 Å². The van der Waals surface area contributed by atoms with Crippen LogP contribution in [0.3, 0.4) is 0 Å². The lowest BCUT2D eigenvalue weighted by Gasteiger charge is -2.33. The highest BCUT2D eigenvalue weighted by molar-refractivity contribution is 5.52. The number of anilines is 3. The van der Waals surface area contributed by atoms with Gasteiger partial charge in [-0.2, -0.15) is 9.97 Å². The Kier molecular flexibility index (Phi) is 3.16. The molecule has 0 radical (unpaired) electrons. The van der Waals surface area contributed by atoms with Crippen LogP contribution in [0.2, 0.25) is 0 Å². The Morgan fingerprint density at radius 3 is 2.79 bits per heavy atom. The highest BCUT2D eigenvalue weighted by Gasteiger charge is 2.39. The molecule has 1 spiro atoms. The molecule has 19 heavy (non-hydrogen) atoms. The van der Waals surface area contributed by atoms with Crippen LogP contribution in [0.1, 0.15) is 19.3 Å². The molecular formula is C12H20N6O. The van der Waals surface area contributed by atoms with Crippen LogP contribution in [0, 0.1) is 5.41 Å². The minimum absolute atomic E-state index is 0.248. The van der Waals surface area contributed by atoms with Gasteiger partial charge in [-0.05, 0) is 24.7 Å². The van der Waals surface area contributed by atoms with E-state index in [1.54, 1.807) is 0 Å². The standard InChI is InChI=1S/C12H20N6O/c13-11-15-9(17-14)7-10(16-11)18-4-1-12(8-18)2-5-19-6-3-12/h7H,1-6,8,14H2,(H3,13,15,16,17). The van der Waals surface area contributed by atoms with Crippen molar-refractivity contribution in [2.75, 3.05) is 42.4 Å². The third-order valence-electron chi connectivity index (χ3n) is 4.19. The number of nitrogens with zero attached hydrogens (tertiary/aromatic N) is 3. The number of nitrogens with one attached hydrogen (secondary N) is 1. The number of ether oxygens (including phenoxy) is 1. The summed E-state index contributed by atoms with van der Waals surface area (Å²) in [4.78, 5) is 10.6. The second-order valence-electron chi connectivity index (χ2n) is 5.40. The van der Waals surface area contributed by atoms with Crippen molar-refractivity contribution in [1.29, 1.82) is 0 Å². The average molecular weight is 264 g/mol. The number of rotatable bonds is 2. The predicted octanol–water partition coefficient (Wildman–Crippen LogP) is 0.351. The van der Waals surface area contributed by atoms with E-state index in [9.17, 15) is 0 Å². The van der Waals surface area contributed by atoms with Gasteiger partial charge in [0.25, 0.3) is 0 Å². The Hall–Kier alpha value is -1.60. The summed E-state index contributed by atoms with van der Waals surface area (Å²) in [5, 5.41) is 0. The number of nitrogen functional groups attached to an aromatic ring is 2. The van der Waals surface area contributed by atoms with E-state index in [2.05, 4.69) is 20.3 Å². The Morgan fingerprint density at radius 2 is 2.05 bits per heavy atom. The maximum absolute atomic E-state index is 5.71. The van der Waals surface area contributed by atoms with Crippen LogP contribution in [-0.4, -0.2) is 36.3 Å². The lowest BCUT2D eigenvalue weighted by atomic mass is 9.80. The van der Waals surface area contributed by atoms with Crippen LogP contribution in [0.15, 0.2) is 6.07 Å². The molecule has 2 aliphatic heterocycles. The first kappa shape index (κ1) is 12.4. The van der Waals surface area contributed by atoms with E-state index >= 15 is 0 Å². The van der Waals surface area contributed by atoms with Gasteiger partial charge in [-0.1, -0.05) is 0 Å². The molecule has 3 heterocycles. The van der Waals surface area contributed by atoms with Crippen LogP contribution < -0.4 is 21.9 Å². The molecule has 5 N–H and O–H groups in total. The van der Waals surface area contributed by atoms with Gasteiger partial charge in [0, 0.05) is 32.4 Å². The zero-order chi connectivity index (χ0) is 13.3. The van der Waals surface area contributed by atoms with Crippen molar-refractivity contribution in [1.82, 2.24) is 9.97 Å². The molecule has 1 aromatic rings. The molecule has 0 amide bonds. The van der Waals surface area contributed by atoms with Crippen molar-refractivity contribution >= 4 is 17.6 Å². The summed E-state index contributed by atoms with van der Waals surface area (Å²) in [6, 6.07) is 1.84. The fourth-order valence-electron chi connectivity index (χ4n) is 3.03. The molecule has 104 valence electrons. The van der Waals surface area contributed by atoms with Crippen LogP contribution in [0.25, 0.3) is 0 Å². The SMILES string of the molecule is NNc1cc(N2CCC3(CCOCC3)C2)nc(N)n1. The number of hydrazine groups is 1. The smallest absolute Gasteiger partial charge is 0.223 e. The van der Waals surface area contributed by atoms with Gasteiger partial charge in [-0.3, -0.25) is 0 Å². The third kappa shape index (κ3) is 2.43. The molecular weight excluding hydrogens is 244 g/mol. The fourth-order valence-corrected chi connectivity index (χ4v) is 3.03. The van der Waals surface area contributed by atoms with Crippen molar-refractivity contribution in [2.24, 2.45) is 11.3 Å². The van der Waals surface area contributed by atoms with Crippen LogP contribution in [0.5, 0.6) is 0 Å². The monoisotopic (exact) mass is 264 g/mol. The molecule has 7 nitrogen and oxygen atoms in total. The Bertz CT molecular complexity index is 460. The number of hydrogen-bond acceptors (Lipinski definition) is 7. The summed E-state index contributed by atoms with van der Waals surface area (Å²) in [5.74, 6) is 7.04. The fraction of sp³-hybridized carbons (Fsp3) is 0.667. The third-order valence-corrected chi connectivity index (χ3v) is 4.19. The van der Waals surface area contributed by atoms with E-state index in [0.717, 1.165) is 45.0 Å². The van der Waals surface area contributed by atoms with E-state index in [-0.39, 0.29) is 5.95 Å². The van der Waals surface area contributed by atoms with Crippen LogP contribution >= 0.6 is 0 Å². The number of hydrogen-bond donors (Lipinski definition) is 3. The molecule has 3 rings (SSSR count). The zero-order valence-corrected chi connectivity index (χ0v) is 10.9. The second kappa shape index (κ2) is 4.82. The quantitative estimate of drug-likeness (QED) is 0.523. The topological polar surface area (TPSA) is 102 Å². The number of aromatic nitrogens is 2. The largest absolute Gasteiger partial charge is 0.381 e. The van der Waals surface area contributed by atoms with Crippen molar-refractivity contribution in [3.05, 3.63) is 6.07 Å². The molecule has 0 unspecified atom stereocenters. The molecule has 2 aliphatic rings. The van der Waals surface area contributed by atoms with Gasteiger partial charge in [0.15, 0.2) is 0 Å². The Labute approximate surface area is 112 Å². The first-order chi connectivity index (χ1) is 9.21. The van der Waals surface area contributed by atoms with Gasteiger partial charge in [-0.25, -0.2) is 5.84 Å². The molecule has 0 atom stereocenters. The summed E-state index contributed by atoms with van der Waals surface area (Å²) in [6.45, 7) is 3.75. The van der Waals surface area contributed by atoms with Crippen molar-refractivity contribution < 1.29 is 4.74 Å². The van der Waals surface area contributed by atoms with Gasteiger partial charge < -0.3 is 20.8 Å². The maximum Gasteiger partial charge on any atom is 0.223 e. The van der Waals surface area contributed by atoms with E-state index in [1.807, 2.05) is 6.07 Å². The Balaban J connectivity index is 1.78. The molecule has 0 bridgehead atoms. The number of nitrogens with two attached hydrogens (primary N) is 2. The van der Waals surface area contributed by atoms with Gasteiger partial charge in [0.05, 0.1) is 0 Å². The molecule has 7 heteroatoms. The highest BCUT2D eigenvalue weighted by atomic mass is 16.5. The van der Waals surface area contributed by atoms with Crippen LogP contribution in [0.4, 0.5) is 17.6 Å². The van der Waals surface area contributed by atoms with Gasteiger partial charge in [0.1, 0.15) is 11.6 Å². The first-order valence-electron chi connectivity index (χ1n) is 6.65. The van der Waals surface area contributed by atoms with E-state index < -0.39 is 0 Å². The summed E-state index contributed by atoms with van der Waals surface area (Å²) < 4.78 is 5.46. The lowest BCUT2D eigenvalue weighted by molar-refractivity contribution is 0.0254. The van der Waals surface area contributed by atoms with E-state index in [1.165, 1.54) is 6.42 Å². The molecule has 2 fully saturated rings. The summed E-state index contributed by atoms with van der Waals surface area (Å²) in [6.07, 6.45) is 3.45. The minimum atomic E-state index is 0.248. The molecule has 0 saturated carbocycles. The molecule has 0 aliphatic carbocycles. The normalized spacial score (nSPS) is 21.8. The van der Waals surface area contributed by atoms with Gasteiger partial charge >= 0.3 is 0 Å². The highest BCUT2D eigenvalue weighted by Crippen LogP contribution is 2.41. The first-order valence-corrected chi connectivity index (χ1v) is 6.65. The average Bonchev–Trinajstić information content (AvgIpc) is 2.83. The van der Waals surface area contributed by atoms with Gasteiger partial charge in [-0.15, -0.1) is 0 Å². The van der Waals surface area contributed by atoms with E-state index in [0.29, 0.717) is 11.2 Å². The van der Waals surface area contributed by atoms with E-state index in [4.69, 9.17) is 16.3 Å². The Morgan fingerprint density at radius 1 is 1.26 bits per heavy atom.